The zero-order valence-corrected chi connectivity index (χ0v) is 12.8. The van der Waals surface area contributed by atoms with Gasteiger partial charge in [0.2, 0.25) is 0 Å². The fourth-order valence-electron chi connectivity index (χ4n) is 3.31. The van der Waals surface area contributed by atoms with E-state index in [2.05, 4.69) is 77.4 Å². The second-order valence-corrected chi connectivity index (χ2v) is 5.80. The van der Waals surface area contributed by atoms with E-state index >= 15 is 0 Å². The summed E-state index contributed by atoms with van der Waals surface area (Å²) >= 11 is 0. The zero-order valence-electron chi connectivity index (χ0n) is 12.8. The van der Waals surface area contributed by atoms with E-state index in [9.17, 15) is 0 Å². The Morgan fingerprint density at radius 3 is 1.57 bits per heavy atom. The average molecular weight is 280 g/mol. The molecule has 0 saturated carbocycles. The molecule has 1 saturated heterocycles. The van der Waals surface area contributed by atoms with E-state index in [0.29, 0.717) is 6.17 Å². The van der Waals surface area contributed by atoms with Crippen molar-refractivity contribution >= 4 is 0 Å². The standard InChI is InChI=1S/C19H24N2/c1-2-19-20(15-17-9-5-3-6-10-17)13-14-21(19)16-18-11-7-4-8-12-18/h3-12,19H,2,13-16H2,1H3. The van der Waals surface area contributed by atoms with Crippen molar-refractivity contribution in [2.75, 3.05) is 13.1 Å². The van der Waals surface area contributed by atoms with Gasteiger partial charge in [0, 0.05) is 26.2 Å². The van der Waals surface area contributed by atoms with Gasteiger partial charge in [-0.15, -0.1) is 0 Å². The fraction of sp³-hybridized carbons (Fsp3) is 0.368. The van der Waals surface area contributed by atoms with Crippen molar-refractivity contribution in [3.05, 3.63) is 71.8 Å². The van der Waals surface area contributed by atoms with Crippen LogP contribution in [0.1, 0.15) is 24.5 Å². The molecule has 0 unspecified atom stereocenters. The molecule has 0 aromatic heterocycles. The summed E-state index contributed by atoms with van der Waals surface area (Å²) in [6.07, 6.45) is 1.74. The highest BCUT2D eigenvalue weighted by atomic mass is 15.4. The van der Waals surface area contributed by atoms with E-state index in [4.69, 9.17) is 0 Å². The number of hydrogen-bond acceptors (Lipinski definition) is 2. The maximum Gasteiger partial charge on any atom is 0.0626 e. The Labute approximate surface area is 128 Å². The highest BCUT2D eigenvalue weighted by Gasteiger charge is 2.30. The van der Waals surface area contributed by atoms with Crippen LogP contribution in [-0.4, -0.2) is 29.1 Å². The largest absolute Gasteiger partial charge is 0.282 e. The molecule has 0 bridgehead atoms. The van der Waals surface area contributed by atoms with E-state index < -0.39 is 0 Å². The quantitative estimate of drug-likeness (QED) is 0.823. The van der Waals surface area contributed by atoms with Crippen LogP contribution in [0.15, 0.2) is 60.7 Å². The molecule has 110 valence electrons. The Balaban J connectivity index is 1.65. The molecule has 0 N–H and O–H groups in total. The van der Waals surface area contributed by atoms with Crippen LogP contribution < -0.4 is 0 Å². The van der Waals surface area contributed by atoms with Crippen LogP contribution in [0.3, 0.4) is 0 Å². The molecule has 1 aliphatic heterocycles. The lowest BCUT2D eigenvalue weighted by Gasteiger charge is -2.29. The molecule has 1 heterocycles. The SMILES string of the molecule is CCC1N(Cc2ccccc2)CCN1Cc1ccccc1. The van der Waals surface area contributed by atoms with Gasteiger partial charge < -0.3 is 0 Å². The number of benzene rings is 2. The second kappa shape index (κ2) is 6.88. The lowest BCUT2D eigenvalue weighted by molar-refractivity contribution is 0.121. The summed E-state index contributed by atoms with van der Waals surface area (Å²) < 4.78 is 0. The van der Waals surface area contributed by atoms with Gasteiger partial charge in [0.1, 0.15) is 0 Å². The minimum Gasteiger partial charge on any atom is -0.282 e. The van der Waals surface area contributed by atoms with Crippen LogP contribution in [0.25, 0.3) is 0 Å². The van der Waals surface area contributed by atoms with Crippen molar-refractivity contribution in [2.45, 2.75) is 32.6 Å². The maximum atomic E-state index is 2.61. The first kappa shape index (κ1) is 14.3. The number of hydrogen-bond donors (Lipinski definition) is 0. The smallest absolute Gasteiger partial charge is 0.0626 e. The molecule has 0 radical (unpaired) electrons. The molecule has 0 atom stereocenters. The van der Waals surface area contributed by atoms with Crippen molar-refractivity contribution < 1.29 is 0 Å². The third-order valence-electron chi connectivity index (χ3n) is 4.34. The Bertz CT molecular complexity index is 489. The first-order valence-corrected chi connectivity index (χ1v) is 7.93. The summed E-state index contributed by atoms with van der Waals surface area (Å²) in [6, 6.07) is 21.6. The van der Waals surface area contributed by atoms with Gasteiger partial charge in [-0.25, -0.2) is 0 Å². The molecule has 21 heavy (non-hydrogen) atoms. The molecular weight excluding hydrogens is 256 g/mol. The number of nitrogens with zero attached hydrogens (tertiary/aromatic N) is 2. The molecule has 3 rings (SSSR count). The third-order valence-corrected chi connectivity index (χ3v) is 4.34. The van der Waals surface area contributed by atoms with Gasteiger partial charge in [0.25, 0.3) is 0 Å². The predicted octanol–water partition coefficient (Wildman–Crippen LogP) is 3.74. The molecule has 0 aliphatic carbocycles. The monoisotopic (exact) mass is 280 g/mol. The van der Waals surface area contributed by atoms with Crippen LogP contribution in [0.4, 0.5) is 0 Å². The van der Waals surface area contributed by atoms with E-state index in [0.717, 1.165) is 13.1 Å². The summed E-state index contributed by atoms with van der Waals surface area (Å²) in [5.41, 5.74) is 2.83. The van der Waals surface area contributed by atoms with Gasteiger partial charge in [0.15, 0.2) is 0 Å². The Kier molecular flexibility index (Phi) is 4.69. The molecule has 2 aromatic carbocycles. The Morgan fingerprint density at radius 2 is 1.19 bits per heavy atom. The molecule has 2 nitrogen and oxygen atoms in total. The molecular formula is C19H24N2. The Morgan fingerprint density at radius 1 is 0.762 bits per heavy atom. The van der Waals surface area contributed by atoms with Gasteiger partial charge in [-0.05, 0) is 17.5 Å². The van der Waals surface area contributed by atoms with Gasteiger partial charge in [-0.3, -0.25) is 9.80 Å². The minimum atomic E-state index is 0.561. The molecule has 2 heteroatoms. The van der Waals surface area contributed by atoms with Gasteiger partial charge in [-0.1, -0.05) is 67.6 Å². The van der Waals surface area contributed by atoms with Crippen LogP contribution in [0, 0.1) is 0 Å². The van der Waals surface area contributed by atoms with E-state index in [1.54, 1.807) is 0 Å². The third kappa shape index (κ3) is 3.52. The normalized spacial score (nSPS) is 17.4. The topological polar surface area (TPSA) is 6.48 Å². The van der Waals surface area contributed by atoms with Crippen molar-refractivity contribution in [3.63, 3.8) is 0 Å². The van der Waals surface area contributed by atoms with Crippen LogP contribution >= 0.6 is 0 Å². The van der Waals surface area contributed by atoms with E-state index in [1.807, 2.05) is 0 Å². The van der Waals surface area contributed by atoms with Gasteiger partial charge in [-0.2, -0.15) is 0 Å². The van der Waals surface area contributed by atoms with E-state index in [-0.39, 0.29) is 0 Å². The fourth-order valence-corrected chi connectivity index (χ4v) is 3.31. The summed E-state index contributed by atoms with van der Waals surface area (Å²) in [4.78, 5) is 5.22. The highest BCUT2D eigenvalue weighted by Crippen LogP contribution is 2.22. The van der Waals surface area contributed by atoms with E-state index in [1.165, 1.54) is 30.6 Å². The van der Waals surface area contributed by atoms with Crippen molar-refractivity contribution in [1.29, 1.82) is 0 Å². The molecule has 1 aliphatic rings. The van der Waals surface area contributed by atoms with Crippen LogP contribution in [-0.2, 0) is 13.1 Å². The Hall–Kier alpha value is -1.64. The number of rotatable bonds is 5. The summed E-state index contributed by atoms with van der Waals surface area (Å²) in [5, 5.41) is 0. The molecule has 0 spiro atoms. The summed E-state index contributed by atoms with van der Waals surface area (Å²) in [6.45, 7) is 6.75. The molecule has 0 amide bonds. The first-order valence-electron chi connectivity index (χ1n) is 7.93. The van der Waals surface area contributed by atoms with Crippen molar-refractivity contribution in [3.8, 4) is 0 Å². The van der Waals surface area contributed by atoms with Crippen LogP contribution in [0.5, 0.6) is 0 Å². The van der Waals surface area contributed by atoms with Gasteiger partial charge in [0.05, 0.1) is 6.17 Å². The summed E-state index contributed by atoms with van der Waals surface area (Å²) in [5.74, 6) is 0. The molecule has 1 fully saturated rings. The maximum absolute atomic E-state index is 2.61. The lowest BCUT2D eigenvalue weighted by Crippen LogP contribution is -2.37. The minimum absolute atomic E-state index is 0.561. The van der Waals surface area contributed by atoms with Crippen molar-refractivity contribution in [2.24, 2.45) is 0 Å². The zero-order chi connectivity index (χ0) is 14.5. The van der Waals surface area contributed by atoms with Crippen LogP contribution in [0.2, 0.25) is 0 Å². The average Bonchev–Trinajstić information content (AvgIpc) is 2.91. The summed E-state index contributed by atoms with van der Waals surface area (Å²) in [7, 11) is 0. The lowest BCUT2D eigenvalue weighted by atomic mass is 10.2. The van der Waals surface area contributed by atoms with Crippen molar-refractivity contribution in [1.82, 2.24) is 9.80 Å². The first-order chi connectivity index (χ1) is 10.4. The predicted molar refractivity (Wildman–Crippen MR) is 87.8 cm³/mol. The second-order valence-electron chi connectivity index (χ2n) is 5.80. The van der Waals surface area contributed by atoms with Gasteiger partial charge >= 0.3 is 0 Å². The highest BCUT2D eigenvalue weighted by molar-refractivity contribution is 5.16. The molecule has 2 aromatic rings.